The van der Waals surface area contributed by atoms with Gasteiger partial charge in [0.25, 0.3) is 0 Å². The molecule has 0 saturated carbocycles. The monoisotopic (exact) mass is 445 g/mol. The minimum Gasteiger partial charge on any atom is -0.365 e. The molecule has 2 heterocycles. The molecule has 32 heavy (non-hydrogen) atoms. The fourth-order valence-electron chi connectivity index (χ4n) is 3.71. The molecule has 0 fully saturated rings. The van der Waals surface area contributed by atoms with Crippen LogP contribution in [0.4, 0.5) is 29.1 Å². The molecule has 2 aromatic carbocycles. The van der Waals surface area contributed by atoms with Gasteiger partial charge >= 0.3 is 0 Å². The number of fused-ring (bicyclic) bond motifs is 1. The second-order valence-corrected chi connectivity index (χ2v) is 8.34. The average Bonchev–Trinajstić information content (AvgIpc) is 3.04. The summed E-state index contributed by atoms with van der Waals surface area (Å²) in [5, 5.41) is 3.09. The number of hydrogen-bond acceptors (Lipinski definition) is 4. The molecule has 5 nitrogen and oxygen atoms in total. The first-order chi connectivity index (χ1) is 15.0. The number of nitrogens with one attached hydrogen (secondary N) is 1. The molecule has 1 aromatic heterocycles. The molecule has 0 amide bonds. The number of nitrogens with zero attached hydrogens (tertiary/aromatic N) is 3. The third-order valence-corrected chi connectivity index (χ3v) is 5.45. The number of hydrogen-bond donors (Lipinski definition) is 2. The van der Waals surface area contributed by atoms with Crippen LogP contribution in [0.5, 0.6) is 0 Å². The second kappa shape index (κ2) is 7.98. The zero-order valence-corrected chi connectivity index (χ0v) is 17.7. The first-order valence-corrected chi connectivity index (χ1v) is 10.0. The molecule has 1 aliphatic heterocycles. The smallest absolute Gasteiger partial charge is 0.139 e. The van der Waals surface area contributed by atoms with E-state index in [1.807, 2.05) is 18.7 Å². The maximum atomic E-state index is 14.6. The molecule has 4 rings (SSSR count). The molecule has 1 aliphatic rings. The summed E-state index contributed by atoms with van der Waals surface area (Å²) < 4.78 is 57.9. The summed E-state index contributed by atoms with van der Waals surface area (Å²) in [5.74, 6) is -2.71. The molecule has 0 unspecified atom stereocenters. The number of benzene rings is 2. The SMILES string of the molecule is C=C(N1CCn2c(nc(-c3c(F)cc(F)cc3F)c2Nc2ccc(F)cc2)C1)C(C)(C)N. The van der Waals surface area contributed by atoms with E-state index in [1.165, 1.54) is 24.3 Å². The summed E-state index contributed by atoms with van der Waals surface area (Å²) in [6.45, 7) is 9.06. The maximum Gasteiger partial charge on any atom is 0.139 e. The number of anilines is 2. The van der Waals surface area contributed by atoms with Gasteiger partial charge in [-0.05, 0) is 38.1 Å². The van der Waals surface area contributed by atoms with E-state index < -0.39 is 34.4 Å². The Hall–Kier alpha value is -3.33. The Bertz CT molecular complexity index is 1160. The van der Waals surface area contributed by atoms with Crippen LogP contribution in [0.3, 0.4) is 0 Å². The molecule has 3 aromatic rings. The number of nitrogens with two attached hydrogens (primary N) is 1. The van der Waals surface area contributed by atoms with Gasteiger partial charge in [-0.2, -0.15) is 0 Å². The standard InChI is InChI=1S/C23H23F4N5/c1-13(23(2,3)28)31-8-9-32-19(12-31)30-21(20-17(26)10-15(25)11-18(20)27)22(32)29-16-6-4-14(24)5-7-16/h4-7,10-11,29H,1,8-9,12,28H2,2-3H3. The van der Waals surface area contributed by atoms with Crippen LogP contribution in [0.15, 0.2) is 48.7 Å². The van der Waals surface area contributed by atoms with Crippen molar-refractivity contribution in [1.29, 1.82) is 0 Å². The van der Waals surface area contributed by atoms with Crippen LogP contribution in [0.2, 0.25) is 0 Å². The Labute approximate surface area is 183 Å². The fourth-order valence-corrected chi connectivity index (χ4v) is 3.71. The van der Waals surface area contributed by atoms with E-state index in [1.54, 1.807) is 4.57 Å². The zero-order valence-electron chi connectivity index (χ0n) is 17.7. The predicted molar refractivity (Wildman–Crippen MR) is 115 cm³/mol. The summed E-state index contributed by atoms with van der Waals surface area (Å²) >= 11 is 0. The number of rotatable bonds is 5. The molecule has 0 atom stereocenters. The largest absolute Gasteiger partial charge is 0.365 e. The van der Waals surface area contributed by atoms with Gasteiger partial charge in [0.05, 0.1) is 12.1 Å². The lowest BCUT2D eigenvalue weighted by molar-refractivity contribution is 0.243. The minimum atomic E-state index is -1.07. The third-order valence-electron chi connectivity index (χ3n) is 5.45. The van der Waals surface area contributed by atoms with Crippen LogP contribution in [0, 0.1) is 23.3 Å². The van der Waals surface area contributed by atoms with E-state index in [0.29, 0.717) is 54.8 Å². The Kier molecular flexibility index (Phi) is 5.46. The van der Waals surface area contributed by atoms with E-state index in [4.69, 9.17) is 5.73 Å². The quantitative estimate of drug-likeness (QED) is 0.548. The molecule has 168 valence electrons. The zero-order chi connectivity index (χ0) is 23.2. The van der Waals surface area contributed by atoms with E-state index in [2.05, 4.69) is 16.9 Å². The van der Waals surface area contributed by atoms with Gasteiger partial charge in [0.2, 0.25) is 0 Å². The van der Waals surface area contributed by atoms with Crippen LogP contribution >= 0.6 is 0 Å². The highest BCUT2D eigenvalue weighted by Crippen LogP contribution is 2.37. The van der Waals surface area contributed by atoms with Crippen LogP contribution in [0.1, 0.15) is 19.7 Å². The normalized spacial score (nSPS) is 13.8. The molecule has 0 saturated heterocycles. The molecule has 0 radical (unpaired) electrons. The number of aromatic nitrogens is 2. The van der Waals surface area contributed by atoms with Crippen molar-refractivity contribution in [3.63, 3.8) is 0 Å². The van der Waals surface area contributed by atoms with Crippen molar-refractivity contribution < 1.29 is 17.6 Å². The minimum absolute atomic E-state index is 0.00111. The highest BCUT2D eigenvalue weighted by atomic mass is 19.1. The van der Waals surface area contributed by atoms with Crippen molar-refractivity contribution >= 4 is 11.5 Å². The highest BCUT2D eigenvalue weighted by Gasteiger charge is 2.30. The molecule has 0 spiro atoms. The van der Waals surface area contributed by atoms with Crippen LogP contribution in [-0.2, 0) is 13.1 Å². The lowest BCUT2D eigenvalue weighted by Gasteiger charge is -2.37. The maximum absolute atomic E-state index is 14.6. The Morgan fingerprint density at radius 2 is 1.66 bits per heavy atom. The molecule has 0 bridgehead atoms. The topological polar surface area (TPSA) is 59.1 Å². The van der Waals surface area contributed by atoms with Crippen LogP contribution in [0.25, 0.3) is 11.3 Å². The van der Waals surface area contributed by atoms with Crippen molar-refractivity contribution in [3.8, 4) is 11.3 Å². The van der Waals surface area contributed by atoms with Crippen LogP contribution in [-0.4, -0.2) is 26.5 Å². The molecular weight excluding hydrogens is 422 g/mol. The summed E-state index contributed by atoms with van der Waals surface area (Å²) in [6, 6.07) is 6.77. The van der Waals surface area contributed by atoms with Gasteiger partial charge in [-0.1, -0.05) is 6.58 Å². The average molecular weight is 445 g/mol. The highest BCUT2D eigenvalue weighted by molar-refractivity contribution is 5.77. The lowest BCUT2D eigenvalue weighted by Crippen LogP contribution is -2.45. The van der Waals surface area contributed by atoms with Gasteiger partial charge in [-0.3, -0.25) is 0 Å². The van der Waals surface area contributed by atoms with Crippen LogP contribution < -0.4 is 11.1 Å². The van der Waals surface area contributed by atoms with Crippen molar-refractivity contribution in [2.45, 2.75) is 32.5 Å². The van der Waals surface area contributed by atoms with Gasteiger partial charge in [0, 0.05) is 42.1 Å². The molecular formula is C23H23F4N5. The van der Waals surface area contributed by atoms with Gasteiger partial charge in [-0.15, -0.1) is 0 Å². The number of imidazole rings is 1. The second-order valence-electron chi connectivity index (χ2n) is 8.34. The van der Waals surface area contributed by atoms with Crippen molar-refractivity contribution in [1.82, 2.24) is 14.5 Å². The lowest BCUT2D eigenvalue weighted by atomic mass is 10.0. The fraction of sp³-hybridized carbons (Fsp3) is 0.261. The number of halogens is 4. The third kappa shape index (κ3) is 4.08. The van der Waals surface area contributed by atoms with Crippen molar-refractivity contribution in [2.75, 3.05) is 11.9 Å². The Morgan fingerprint density at radius 3 is 2.25 bits per heavy atom. The van der Waals surface area contributed by atoms with Gasteiger partial charge in [0.15, 0.2) is 0 Å². The van der Waals surface area contributed by atoms with Gasteiger partial charge in [-0.25, -0.2) is 22.5 Å². The summed E-state index contributed by atoms with van der Waals surface area (Å²) in [4.78, 5) is 6.46. The first kappa shape index (κ1) is 21.9. The first-order valence-electron chi connectivity index (χ1n) is 10.0. The summed E-state index contributed by atoms with van der Waals surface area (Å²) in [6.07, 6.45) is 0. The molecule has 3 N–H and O–H groups in total. The summed E-state index contributed by atoms with van der Waals surface area (Å²) in [5.41, 5.74) is 6.30. The molecule has 0 aliphatic carbocycles. The van der Waals surface area contributed by atoms with Gasteiger partial charge < -0.3 is 20.5 Å². The van der Waals surface area contributed by atoms with Gasteiger partial charge in [0.1, 0.15) is 40.6 Å². The van der Waals surface area contributed by atoms with E-state index in [9.17, 15) is 17.6 Å². The predicted octanol–water partition coefficient (Wildman–Crippen LogP) is 4.92. The van der Waals surface area contributed by atoms with E-state index in [0.717, 1.165) is 0 Å². The molecule has 9 heteroatoms. The van der Waals surface area contributed by atoms with Crippen molar-refractivity contribution in [2.24, 2.45) is 5.73 Å². The van der Waals surface area contributed by atoms with E-state index >= 15 is 0 Å². The summed E-state index contributed by atoms with van der Waals surface area (Å²) in [7, 11) is 0. The van der Waals surface area contributed by atoms with Crippen molar-refractivity contribution in [3.05, 3.63) is 77.8 Å². The Morgan fingerprint density at radius 1 is 1.03 bits per heavy atom. The Balaban J connectivity index is 1.82. The van der Waals surface area contributed by atoms with E-state index in [-0.39, 0.29) is 5.69 Å².